The summed E-state index contributed by atoms with van der Waals surface area (Å²) in [7, 11) is 0. The van der Waals surface area contributed by atoms with Crippen molar-refractivity contribution in [1.82, 2.24) is 0 Å². The summed E-state index contributed by atoms with van der Waals surface area (Å²) in [6.45, 7) is 0.581. The molecule has 1 aromatic carbocycles. The van der Waals surface area contributed by atoms with Crippen LogP contribution in [0.15, 0.2) is 24.3 Å². The molecule has 0 aromatic heterocycles. The monoisotopic (exact) mass is 257 g/mol. The number of rotatable bonds is 7. The van der Waals surface area contributed by atoms with E-state index in [0.29, 0.717) is 18.9 Å². The summed E-state index contributed by atoms with van der Waals surface area (Å²) in [4.78, 5) is 10.6. The van der Waals surface area contributed by atoms with Gasteiger partial charge in [-0.3, -0.25) is 4.79 Å². The van der Waals surface area contributed by atoms with Crippen LogP contribution < -0.4 is 10.5 Å². The first kappa shape index (κ1) is 13.8. The number of carboxylic acids is 1. The van der Waals surface area contributed by atoms with Gasteiger partial charge in [-0.25, -0.2) is 0 Å². The number of alkyl halides is 1. The Bertz CT molecular complexity index is 353. The van der Waals surface area contributed by atoms with Crippen LogP contribution >= 0.6 is 11.6 Å². The third-order valence-corrected chi connectivity index (χ3v) is 2.51. The third-order valence-electron chi connectivity index (χ3n) is 2.24. The molecule has 0 bridgehead atoms. The minimum Gasteiger partial charge on any atom is -0.494 e. The normalized spacial score (nSPS) is 12.1. The van der Waals surface area contributed by atoms with Crippen LogP contribution in [0.1, 0.15) is 12.0 Å². The van der Waals surface area contributed by atoms with E-state index in [0.717, 1.165) is 17.7 Å². The zero-order valence-electron chi connectivity index (χ0n) is 9.43. The first-order valence-corrected chi connectivity index (χ1v) is 5.93. The summed E-state index contributed by atoms with van der Waals surface area (Å²) >= 11 is 5.53. The Morgan fingerprint density at radius 3 is 2.59 bits per heavy atom. The summed E-state index contributed by atoms with van der Waals surface area (Å²) < 4.78 is 5.42. The zero-order valence-corrected chi connectivity index (χ0v) is 10.2. The van der Waals surface area contributed by atoms with Crippen molar-refractivity contribution in [3.8, 4) is 5.75 Å². The van der Waals surface area contributed by atoms with E-state index in [4.69, 9.17) is 27.2 Å². The van der Waals surface area contributed by atoms with E-state index in [9.17, 15) is 4.79 Å². The lowest BCUT2D eigenvalue weighted by Crippen LogP contribution is -2.32. The Balaban J connectivity index is 2.47. The maximum Gasteiger partial charge on any atom is 0.320 e. The van der Waals surface area contributed by atoms with E-state index in [-0.39, 0.29) is 0 Å². The Kier molecular flexibility index (Phi) is 5.80. The van der Waals surface area contributed by atoms with Crippen LogP contribution in [0.3, 0.4) is 0 Å². The molecule has 0 aliphatic carbocycles. The predicted molar refractivity (Wildman–Crippen MR) is 66.6 cm³/mol. The number of benzene rings is 1. The van der Waals surface area contributed by atoms with Crippen molar-refractivity contribution < 1.29 is 14.6 Å². The van der Waals surface area contributed by atoms with Crippen LogP contribution in [0.5, 0.6) is 5.75 Å². The summed E-state index contributed by atoms with van der Waals surface area (Å²) in [6.07, 6.45) is 1.12. The van der Waals surface area contributed by atoms with Crippen molar-refractivity contribution in [2.75, 3.05) is 12.5 Å². The average molecular weight is 258 g/mol. The molecule has 0 fully saturated rings. The van der Waals surface area contributed by atoms with Crippen LogP contribution in [0, 0.1) is 0 Å². The summed E-state index contributed by atoms with van der Waals surface area (Å²) in [5.74, 6) is 0.334. The van der Waals surface area contributed by atoms with Crippen LogP contribution in [0.4, 0.5) is 0 Å². The number of ether oxygens (including phenoxy) is 1. The highest BCUT2D eigenvalue weighted by Crippen LogP contribution is 2.13. The molecule has 0 aliphatic heterocycles. The maximum absolute atomic E-state index is 10.6. The largest absolute Gasteiger partial charge is 0.494 e. The van der Waals surface area contributed by atoms with Gasteiger partial charge in [-0.2, -0.15) is 0 Å². The van der Waals surface area contributed by atoms with Crippen molar-refractivity contribution in [3.63, 3.8) is 0 Å². The summed E-state index contributed by atoms with van der Waals surface area (Å²) in [6, 6.07) is 6.38. The van der Waals surface area contributed by atoms with E-state index in [1.165, 1.54) is 0 Å². The minimum atomic E-state index is -0.993. The number of carboxylic acid groups (broad SMARTS) is 1. The lowest BCUT2D eigenvalue weighted by Gasteiger charge is -2.08. The van der Waals surface area contributed by atoms with E-state index in [2.05, 4.69) is 0 Å². The van der Waals surface area contributed by atoms with Gasteiger partial charge in [-0.05, 0) is 30.5 Å². The van der Waals surface area contributed by atoms with Gasteiger partial charge in [0.15, 0.2) is 0 Å². The Morgan fingerprint density at radius 1 is 1.41 bits per heavy atom. The Hall–Kier alpha value is -1.26. The van der Waals surface area contributed by atoms with Crippen molar-refractivity contribution >= 4 is 17.6 Å². The van der Waals surface area contributed by atoms with E-state index >= 15 is 0 Å². The topological polar surface area (TPSA) is 72.5 Å². The molecule has 5 heteroatoms. The van der Waals surface area contributed by atoms with Crippen LogP contribution in [-0.4, -0.2) is 29.6 Å². The van der Waals surface area contributed by atoms with Gasteiger partial charge in [0.2, 0.25) is 0 Å². The molecule has 4 nitrogen and oxygen atoms in total. The molecule has 3 N–H and O–H groups in total. The van der Waals surface area contributed by atoms with Gasteiger partial charge < -0.3 is 15.6 Å². The minimum absolute atomic E-state index is 0.317. The fraction of sp³-hybridized carbons (Fsp3) is 0.417. The van der Waals surface area contributed by atoms with Gasteiger partial charge in [-0.1, -0.05) is 12.1 Å². The Morgan fingerprint density at radius 2 is 2.06 bits per heavy atom. The third kappa shape index (κ3) is 5.06. The highest BCUT2D eigenvalue weighted by atomic mass is 35.5. The molecule has 1 aromatic rings. The second-order valence-corrected chi connectivity index (χ2v) is 4.06. The van der Waals surface area contributed by atoms with E-state index in [1.54, 1.807) is 12.1 Å². The molecule has 0 amide bonds. The van der Waals surface area contributed by atoms with Crippen molar-refractivity contribution in [3.05, 3.63) is 29.8 Å². The quantitative estimate of drug-likeness (QED) is 0.575. The van der Waals surface area contributed by atoms with Crippen molar-refractivity contribution in [1.29, 1.82) is 0 Å². The van der Waals surface area contributed by atoms with Crippen LogP contribution in [0.2, 0.25) is 0 Å². The van der Waals surface area contributed by atoms with Gasteiger partial charge in [0, 0.05) is 5.88 Å². The van der Waals surface area contributed by atoms with Gasteiger partial charge in [0.05, 0.1) is 6.61 Å². The Labute approximate surface area is 105 Å². The predicted octanol–water partition coefficient (Wildman–Crippen LogP) is 1.65. The average Bonchev–Trinajstić information content (AvgIpc) is 2.31. The molecule has 0 aliphatic rings. The summed E-state index contributed by atoms with van der Waals surface area (Å²) in [5, 5.41) is 8.68. The number of aliphatic carboxylic acids is 1. The fourth-order valence-corrected chi connectivity index (χ4v) is 1.42. The number of halogens is 1. The van der Waals surface area contributed by atoms with Crippen LogP contribution in [0.25, 0.3) is 0 Å². The van der Waals surface area contributed by atoms with Gasteiger partial charge >= 0.3 is 5.97 Å². The molecule has 17 heavy (non-hydrogen) atoms. The molecular formula is C12H16ClNO3. The molecule has 1 atom stereocenters. The van der Waals surface area contributed by atoms with Gasteiger partial charge in [0.25, 0.3) is 0 Å². The maximum atomic E-state index is 10.6. The molecule has 94 valence electrons. The second kappa shape index (κ2) is 7.14. The molecule has 0 radical (unpaired) electrons. The number of hydrogen-bond acceptors (Lipinski definition) is 3. The molecule has 0 saturated carbocycles. The molecule has 0 saturated heterocycles. The molecular weight excluding hydrogens is 242 g/mol. The summed E-state index contributed by atoms with van der Waals surface area (Å²) in [5.41, 5.74) is 6.32. The molecule has 1 rings (SSSR count). The first-order chi connectivity index (χ1) is 8.13. The standard InChI is InChI=1S/C12H16ClNO3/c13-6-1-7-17-10-4-2-9(3-5-10)8-11(14)12(15)16/h2-5,11H,1,6-8,14H2,(H,15,16)/t11-/m0/s1. The lowest BCUT2D eigenvalue weighted by molar-refractivity contribution is -0.138. The highest BCUT2D eigenvalue weighted by molar-refractivity contribution is 6.17. The van der Waals surface area contributed by atoms with E-state index < -0.39 is 12.0 Å². The smallest absolute Gasteiger partial charge is 0.320 e. The van der Waals surface area contributed by atoms with Gasteiger partial charge in [-0.15, -0.1) is 11.6 Å². The van der Waals surface area contributed by atoms with E-state index in [1.807, 2.05) is 12.1 Å². The SMILES string of the molecule is N[C@@H](Cc1ccc(OCCCCl)cc1)C(=O)O. The number of nitrogens with two attached hydrogens (primary N) is 1. The van der Waals surface area contributed by atoms with Crippen molar-refractivity contribution in [2.45, 2.75) is 18.9 Å². The number of carbonyl (C=O) groups is 1. The molecule has 0 unspecified atom stereocenters. The zero-order chi connectivity index (χ0) is 12.7. The fourth-order valence-electron chi connectivity index (χ4n) is 1.31. The highest BCUT2D eigenvalue weighted by Gasteiger charge is 2.11. The van der Waals surface area contributed by atoms with Gasteiger partial charge in [0.1, 0.15) is 11.8 Å². The molecule has 0 spiro atoms. The number of hydrogen-bond donors (Lipinski definition) is 2. The molecule has 0 heterocycles. The van der Waals surface area contributed by atoms with Crippen LogP contribution in [-0.2, 0) is 11.2 Å². The van der Waals surface area contributed by atoms with Crippen molar-refractivity contribution in [2.24, 2.45) is 5.73 Å². The lowest BCUT2D eigenvalue weighted by atomic mass is 10.1. The first-order valence-electron chi connectivity index (χ1n) is 5.39. The second-order valence-electron chi connectivity index (χ2n) is 3.68.